The Hall–Kier alpha value is -0.840. The maximum absolute atomic E-state index is 11.8. The van der Waals surface area contributed by atoms with E-state index in [1.54, 1.807) is 0 Å². The average Bonchev–Trinajstić information content (AvgIpc) is 2.79. The minimum atomic E-state index is -2.92. The Labute approximate surface area is 95.6 Å². The summed E-state index contributed by atoms with van der Waals surface area (Å²) in [6.07, 6.45) is 6.84. The quantitative estimate of drug-likeness (QED) is 0.747. The van der Waals surface area contributed by atoms with Crippen LogP contribution in [0.1, 0.15) is 42.5 Å². The highest BCUT2D eigenvalue weighted by Gasteiger charge is 2.34. The van der Waals surface area contributed by atoms with Gasteiger partial charge in [0.05, 0.1) is 11.4 Å². The fourth-order valence-electron chi connectivity index (χ4n) is 2.71. The number of imidazole rings is 1. The summed E-state index contributed by atoms with van der Waals surface area (Å²) in [6, 6.07) is 0. The molecule has 3 heterocycles. The summed E-state index contributed by atoms with van der Waals surface area (Å²) in [5, 5.41) is -0.328. The second-order valence-electron chi connectivity index (χ2n) is 4.73. The molecule has 0 aromatic carbocycles. The van der Waals surface area contributed by atoms with Gasteiger partial charge in [-0.3, -0.25) is 0 Å². The molecule has 1 atom stereocenters. The lowest BCUT2D eigenvalue weighted by atomic mass is 10.2. The second-order valence-corrected chi connectivity index (χ2v) is 7.03. The van der Waals surface area contributed by atoms with Crippen molar-refractivity contribution in [3.8, 4) is 0 Å². The van der Waals surface area contributed by atoms with E-state index < -0.39 is 9.84 Å². The third kappa shape index (κ3) is 1.57. The van der Waals surface area contributed by atoms with Crippen molar-refractivity contribution in [2.75, 3.05) is 5.75 Å². The number of rotatable bonds is 1. The molecule has 0 amide bonds. The number of fused-ring (bicyclic) bond motifs is 1. The minimum absolute atomic E-state index is 0.328. The second kappa shape index (κ2) is 3.58. The Balaban J connectivity index is 1.98. The van der Waals surface area contributed by atoms with Crippen LogP contribution in [0.4, 0.5) is 0 Å². The number of hydrogen-bond acceptors (Lipinski definition) is 3. The monoisotopic (exact) mass is 240 g/mol. The van der Waals surface area contributed by atoms with Crippen LogP contribution in [0.15, 0.2) is 6.20 Å². The summed E-state index contributed by atoms with van der Waals surface area (Å²) >= 11 is 0. The Morgan fingerprint density at radius 2 is 2.19 bits per heavy atom. The molecular weight excluding hydrogens is 224 g/mol. The first kappa shape index (κ1) is 10.3. The SMILES string of the molecule is O=S1(=O)CCCC1c1cn2c(n1)CCCC2. The van der Waals surface area contributed by atoms with Gasteiger partial charge in [-0.15, -0.1) is 0 Å². The smallest absolute Gasteiger partial charge is 0.158 e. The molecule has 3 rings (SSSR count). The molecule has 0 aliphatic carbocycles. The molecular formula is C11H16N2O2S. The predicted molar refractivity (Wildman–Crippen MR) is 60.9 cm³/mol. The van der Waals surface area contributed by atoms with Gasteiger partial charge in [-0.1, -0.05) is 0 Å². The van der Waals surface area contributed by atoms with E-state index in [4.69, 9.17) is 0 Å². The highest BCUT2D eigenvalue weighted by molar-refractivity contribution is 7.91. The molecule has 4 nitrogen and oxygen atoms in total. The van der Waals surface area contributed by atoms with Crippen LogP contribution < -0.4 is 0 Å². The van der Waals surface area contributed by atoms with E-state index in [-0.39, 0.29) is 5.25 Å². The fraction of sp³-hybridized carbons (Fsp3) is 0.727. The van der Waals surface area contributed by atoms with Crippen molar-refractivity contribution in [2.24, 2.45) is 0 Å². The lowest BCUT2D eigenvalue weighted by molar-refractivity contribution is 0.522. The van der Waals surface area contributed by atoms with Gasteiger partial charge in [-0.2, -0.15) is 0 Å². The number of nitrogens with zero attached hydrogens (tertiary/aromatic N) is 2. The zero-order valence-corrected chi connectivity index (χ0v) is 10.0. The molecule has 1 saturated heterocycles. The third-order valence-electron chi connectivity index (χ3n) is 3.59. The molecule has 1 fully saturated rings. The van der Waals surface area contributed by atoms with Crippen molar-refractivity contribution < 1.29 is 8.42 Å². The summed E-state index contributed by atoms with van der Waals surface area (Å²) in [4.78, 5) is 4.51. The van der Waals surface area contributed by atoms with Crippen LogP contribution in [-0.2, 0) is 22.8 Å². The van der Waals surface area contributed by atoms with Crippen LogP contribution in [-0.4, -0.2) is 23.7 Å². The zero-order valence-electron chi connectivity index (χ0n) is 9.22. The van der Waals surface area contributed by atoms with E-state index in [0.717, 1.165) is 37.3 Å². The predicted octanol–water partition coefficient (Wildman–Crippen LogP) is 1.47. The molecule has 88 valence electrons. The van der Waals surface area contributed by atoms with E-state index in [9.17, 15) is 8.42 Å². The molecule has 1 unspecified atom stereocenters. The largest absolute Gasteiger partial charge is 0.335 e. The van der Waals surface area contributed by atoms with Crippen molar-refractivity contribution in [2.45, 2.75) is 43.9 Å². The van der Waals surface area contributed by atoms with Gasteiger partial charge in [-0.25, -0.2) is 13.4 Å². The molecule has 2 aliphatic rings. The van der Waals surface area contributed by atoms with Crippen molar-refractivity contribution in [3.05, 3.63) is 17.7 Å². The van der Waals surface area contributed by atoms with Crippen molar-refractivity contribution in [1.82, 2.24) is 9.55 Å². The number of aryl methyl sites for hydroxylation is 2. The molecule has 5 heteroatoms. The topological polar surface area (TPSA) is 52.0 Å². The Bertz CT molecular complexity index is 481. The normalized spacial score (nSPS) is 27.9. The first-order valence-corrected chi connectivity index (χ1v) is 7.66. The number of aromatic nitrogens is 2. The van der Waals surface area contributed by atoms with Gasteiger partial charge in [0, 0.05) is 19.2 Å². The van der Waals surface area contributed by atoms with Gasteiger partial charge in [0.2, 0.25) is 0 Å². The van der Waals surface area contributed by atoms with E-state index in [1.807, 2.05) is 6.20 Å². The van der Waals surface area contributed by atoms with Gasteiger partial charge in [0.15, 0.2) is 9.84 Å². The summed E-state index contributed by atoms with van der Waals surface area (Å²) in [5.74, 6) is 1.41. The number of hydrogen-bond donors (Lipinski definition) is 0. The Kier molecular flexibility index (Phi) is 2.31. The average molecular weight is 240 g/mol. The van der Waals surface area contributed by atoms with Crippen LogP contribution in [0.2, 0.25) is 0 Å². The first-order chi connectivity index (χ1) is 7.67. The fourth-order valence-corrected chi connectivity index (χ4v) is 4.57. The van der Waals surface area contributed by atoms with Crippen LogP contribution in [0, 0.1) is 0 Å². The summed E-state index contributed by atoms with van der Waals surface area (Å²) in [7, 11) is -2.92. The van der Waals surface area contributed by atoms with Gasteiger partial charge in [0.1, 0.15) is 11.1 Å². The van der Waals surface area contributed by atoms with Gasteiger partial charge >= 0.3 is 0 Å². The van der Waals surface area contributed by atoms with Crippen LogP contribution in [0.3, 0.4) is 0 Å². The third-order valence-corrected chi connectivity index (χ3v) is 5.79. The maximum atomic E-state index is 11.8. The van der Waals surface area contributed by atoms with Gasteiger partial charge < -0.3 is 4.57 Å². The molecule has 16 heavy (non-hydrogen) atoms. The van der Waals surface area contributed by atoms with Crippen LogP contribution in [0.5, 0.6) is 0 Å². The highest BCUT2D eigenvalue weighted by atomic mass is 32.2. The lowest BCUT2D eigenvalue weighted by Crippen LogP contribution is -2.09. The Morgan fingerprint density at radius 3 is 2.88 bits per heavy atom. The Morgan fingerprint density at radius 1 is 1.31 bits per heavy atom. The minimum Gasteiger partial charge on any atom is -0.335 e. The highest BCUT2D eigenvalue weighted by Crippen LogP contribution is 2.34. The van der Waals surface area contributed by atoms with E-state index in [1.165, 1.54) is 12.8 Å². The van der Waals surface area contributed by atoms with Gasteiger partial charge in [-0.05, 0) is 25.7 Å². The molecule has 1 aromatic heterocycles. The summed E-state index contributed by atoms with van der Waals surface area (Å²) in [5.41, 5.74) is 0.786. The van der Waals surface area contributed by atoms with Crippen molar-refractivity contribution in [1.29, 1.82) is 0 Å². The summed E-state index contributed by atoms with van der Waals surface area (Å²) < 4.78 is 25.8. The van der Waals surface area contributed by atoms with E-state index >= 15 is 0 Å². The lowest BCUT2D eigenvalue weighted by Gasteiger charge is -2.11. The van der Waals surface area contributed by atoms with Crippen LogP contribution >= 0.6 is 0 Å². The van der Waals surface area contributed by atoms with Gasteiger partial charge in [0.25, 0.3) is 0 Å². The molecule has 2 aliphatic heterocycles. The van der Waals surface area contributed by atoms with Crippen LogP contribution in [0.25, 0.3) is 0 Å². The maximum Gasteiger partial charge on any atom is 0.158 e. The molecule has 0 spiro atoms. The zero-order chi connectivity index (χ0) is 11.2. The molecule has 0 saturated carbocycles. The van der Waals surface area contributed by atoms with E-state index in [0.29, 0.717) is 5.75 Å². The summed E-state index contributed by atoms with van der Waals surface area (Å²) in [6.45, 7) is 0.995. The molecule has 1 aromatic rings. The molecule has 0 radical (unpaired) electrons. The van der Waals surface area contributed by atoms with Crippen molar-refractivity contribution in [3.63, 3.8) is 0 Å². The van der Waals surface area contributed by atoms with E-state index in [2.05, 4.69) is 9.55 Å². The first-order valence-electron chi connectivity index (χ1n) is 5.94. The number of sulfone groups is 1. The molecule has 0 bridgehead atoms. The molecule has 0 N–H and O–H groups in total. The van der Waals surface area contributed by atoms with Crippen molar-refractivity contribution >= 4 is 9.84 Å². The standard InChI is InChI=1S/C11H16N2O2S/c14-16(15)7-3-4-10(16)9-8-13-6-2-1-5-11(13)12-9/h8,10H,1-7H2.